The average molecular weight is 254 g/mol. The largest absolute Gasteiger partial charge is 0.384 e. The third-order valence-corrected chi connectivity index (χ3v) is 3.14. The highest BCUT2D eigenvalue weighted by Crippen LogP contribution is 2.23. The van der Waals surface area contributed by atoms with Crippen LogP contribution in [0.5, 0.6) is 0 Å². The van der Waals surface area contributed by atoms with Crippen molar-refractivity contribution in [2.75, 3.05) is 11.9 Å². The second-order valence-electron chi connectivity index (χ2n) is 4.45. The molecule has 1 aromatic carbocycles. The average Bonchev–Trinajstić information content (AvgIpc) is 2.93. The Morgan fingerprint density at radius 2 is 2.32 bits per heavy atom. The molecule has 3 rings (SSSR count). The minimum absolute atomic E-state index is 0.0952. The van der Waals surface area contributed by atoms with Crippen LogP contribution in [0.3, 0.4) is 0 Å². The predicted molar refractivity (Wildman–Crippen MR) is 71.8 cm³/mol. The number of aromatic nitrogens is 2. The second kappa shape index (κ2) is 5.06. The molecule has 2 heterocycles. The van der Waals surface area contributed by atoms with Gasteiger partial charge in [0, 0.05) is 24.0 Å². The lowest BCUT2D eigenvalue weighted by Crippen LogP contribution is -2.23. The first kappa shape index (κ1) is 11.6. The molecule has 5 heteroatoms. The number of benzene rings is 1. The highest BCUT2D eigenvalue weighted by molar-refractivity contribution is 5.95. The van der Waals surface area contributed by atoms with Crippen molar-refractivity contribution in [1.29, 1.82) is 0 Å². The molecule has 1 aromatic heterocycles. The Bertz CT molecular complexity index is 598. The SMILES string of the molecule is O=C(NCc1cccnn1)c1ccc2c(c1)NCC2. The number of nitrogens with one attached hydrogen (secondary N) is 2. The Hall–Kier alpha value is -2.43. The van der Waals surface area contributed by atoms with Gasteiger partial charge in [-0.05, 0) is 36.2 Å². The summed E-state index contributed by atoms with van der Waals surface area (Å²) < 4.78 is 0. The summed E-state index contributed by atoms with van der Waals surface area (Å²) in [5.74, 6) is -0.0952. The lowest BCUT2D eigenvalue weighted by atomic mass is 10.1. The summed E-state index contributed by atoms with van der Waals surface area (Å²) >= 11 is 0. The van der Waals surface area contributed by atoms with Crippen molar-refractivity contribution in [3.63, 3.8) is 0 Å². The fourth-order valence-corrected chi connectivity index (χ4v) is 2.13. The van der Waals surface area contributed by atoms with Crippen molar-refractivity contribution in [3.8, 4) is 0 Å². The Labute approximate surface area is 111 Å². The van der Waals surface area contributed by atoms with Gasteiger partial charge in [-0.2, -0.15) is 10.2 Å². The smallest absolute Gasteiger partial charge is 0.251 e. The van der Waals surface area contributed by atoms with Crippen LogP contribution in [-0.2, 0) is 13.0 Å². The number of nitrogens with zero attached hydrogens (tertiary/aromatic N) is 2. The van der Waals surface area contributed by atoms with Gasteiger partial charge in [0.25, 0.3) is 5.91 Å². The van der Waals surface area contributed by atoms with Crippen LogP contribution in [0.15, 0.2) is 36.5 Å². The zero-order valence-corrected chi connectivity index (χ0v) is 10.4. The molecule has 19 heavy (non-hydrogen) atoms. The highest BCUT2D eigenvalue weighted by atomic mass is 16.1. The molecule has 1 aliphatic rings. The zero-order valence-electron chi connectivity index (χ0n) is 10.4. The van der Waals surface area contributed by atoms with E-state index in [9.17, 15) is 4.79 Å². The normalized spacial score (nSPS) is 12.6. The fourth-order valence-electron chi connectivity index (χ4n) is 2.13. The molecule has 0 saturated carbocycles. The van der Waals surface area contributed by atoms with Gasteiger partial charge in [-0.15, -0.1) is 0 Å². The molecule has 0 radical (unpaired) electrons. The molecule has 0 fully saturated rings. The molecule has 2 N–H and O–H groups in total. The molecule has 0 spiro atoms. The number of carbonyl (C=O) groups is 1. The van der Waals surface area contributed by atoms with Crippen LogP contribution < -0.4 is 10.6 Å². The highest BCUT2D eigenvalue weighted by Gasteiger charge is 2.13. The van der Waals surface area contributed by atoms with Gasteiger partial charge >= 0.3 is 0 Å². The summed E-state index contributed by atoms with van der Waals surface area (Å²) in [5.41, 5.74) is 3.74. The van der Waals surface area contributed by atoms with Gasteiger partial charge in [-0.3, -0.25) is 4.79 Å². The van der Waals surface area contributed by atoms with E-state index < -0.39 is 0 Å². The lowest BCUT2D eigenvalue weighted by molar-refractivity contribution is 0.0950. The number of rotatable bonds is 3. The van der Waals surface area contributed by atoms with Crippen LogP contribution in [0.4, 0.5) is 5.69 Å². The van der Waals surface area contributed by atoms with Crippen molar-refractivity contribution in [1.82, 2.24) is 15.5 Å². The standard InChI is InChI=1S/C14H14N4O/c19-14(16-9-12-2-1-6-17-18-12)11-4-3-10-5-7-15-13(10)8-11/h1-4,6,8,15H,5,7,9H2,(H,16,19). The first-order chi connectivity index (χ1) is 9.33. The van der Waals surface area contributed by atoms with Gasteiger partial charge in [-0.25, -0.2) is 0 Å². The van der Waals surface area contributed by atoms with Gasteiger partial charge in [0.15, 0.2) is 0 Å². The van der Waals surface area contributed by atoms with Gasteiger partial charge in [0.1, 0.15) is 0 Å². The molecular weight excluding hydrogens is 240 g/mol. The summed E-state index contributed by atoms with van der Waals surface area (Å²) in [4.78, 5) is 12.0. The Morgan fingerprint density at radius 3 is 3.16 bits per heavy atom. The van der Waals surface area contributed by atoms with Crippen LogP contribution in [-0.4, -0.2) is 22.6 Å². The van der Waals surface area contributed by atoms with Crippen molar-refractivity contribution < 1.29 is 4.79 Å². The van der Waals surface area contributed by atoms with Crippen molar-refractivity contribution in [2.45, 2.75) is 13.0 Å². The van der Waals surface area contributed by atoms with E-state index >= 15 is 0 Å². The van der Waals surface area contributed by atoms with Crippen LogP contribution in [0.25, 0.3) is 0 Å². The molecule has 0 aliphatic carbocycles. The first-order valence-corrected chi connectivity index (χ1v) is 6.24. The maximum atomic E-state index is 12.0. The summed E-state index contributed by atoms with van der Waals surface area (Å²) in [6, 6.07) is 9.39. The molecule has 0 atom stereocenters. The third-order valence-electron chi connectivity index (χ3n) is 3.14. The molecule has 2 aromatic rings. The fraction of sp³-hybridized carbons (Fsp3) is 0.214. The maximum Gasteiger partial charge on any atom is 0.251 e. The summed E-state index contributed by atoms with van der Waals surface area (Å²) in [5, 5.41) is 13.8. The topological polar surface area (TPSA) is 66.9 Å². The Morgan fingerprint density at radius 1 is 1.37 bits per heavy atom. The molecular formula is C14H14N4O. The molecule has 1 aliphatic heterocycles. The van der Waals surface area contributed by atoms with E-state index in [0.29, 0.717) is 12.1 Å². The second-order valence-corrected chi connectivity index (χ2v) is 4.45. The number of fused-ring (bicyclic) bond motifs is 1. The van der Waals surface area contributed by atoms with E-state index in [2.05, 4.69) is 20.8 Å². The minimum atomic E-state index is -0.0952. The summed E-state index contributed by atoms with van der Waals surface area (Å²) in [6.45, 7) is 1.33. The molecule has 96 valence electrons. The van der Waals surface area contributed by atoms with Gasteiger partial charge in [0.2, 0.25) is 0 Å². The van der Waals surface area contributed by atoms with Crippen LogP contribution in [0.1, 0.15) is 21.6 Å². The van der Waals surface area contributed by atoms with Crippen molar-refractivity contribution in [2.24, 2.45) is 0 Å². The van der Waals surface area contributed by atoms with Gasteiger partial charge in [-0.1, -0.05) is 6.07 Å². The van der Waals surface area contributed by atoms with E-state index in [1.54, 1.807) is 12.3 Å². The van der Waals surface area contributed by atoms with Crippen molar-refractivity contribution in [3.05, 3.63) is 53.3 Å². The molecule has 0 bridgehead atoms. The Kier molecular flexibility index (Phi) is 3.10. The first-order valence-electron chi connectivity index (χ1n) is 6.24. The monoisotopic (exact) mass is 254 g/mol. The summed E-state index contributed by atoms with van der Waals surface area (Å²) in [7, 11) is 0. The summed E-state index contributed by atoms with van der Waals surface area (Å²) in [6.07, 6.45) is 2.63. The van der Waals surface area contributed by atoms with Crippen molar-refractivity contribution >= 4 is 11.6 Å². The number of hydrogen-bond acceptors (Lipinski definition) is 4. The number of amides is 1. The van der Waals surface area contributed by atoms with E-state index in [4.69, 9.17) is 0 Å². The minimum Gasteiger partial charge on any atom is -0.384 e. The quantitative estimate of drug-likeness (QED) is 0.868. The predicted octanol–water partition coefficient (Wildman–Crippen LogP) is 1.37. The number of carbonyl (C=O) groups excluding carboxylic acids is 1. The van der Waals surface area contributed by atoms with Crippen LogP contribution >= 0.6 is 0 Å². The third kappa shape index (κ3) is 2.54. The van der Waals surface area contributed by atoms with Crippen LogP contribution in [0, 0.1) is 0 Å². The zero-order chi connectivity index (χ0) is 13.1. The van der Waals surface area contributed by atoms with E-state index in [-0.39, 0.29) is 5.91 Å². The number of hydrogen-bond donors (Lipinski definition) is 2. The van der Waals surface area contributed by atoms with Gasteiger partial charge < -0.3 is 10.6 Å². The number of anilines is 1. The maximum absolute atomic E-state index is 12.0. The molecule has 5 nitrogen and oxygen atoms in total. The van der Waals surface area contributed by atoms with Gasteiger partial charge in [0.05, 0.1) is 12.2 Å². The van der Waals surface area contributed by atoms with E-state index in [0.717, 1.165) is 24.3 Å². The van der Waals surface area contributed by atoms with E-state index in [1.165, 1.54) is 5.56 Å². The molecule has 0 unspecified atom stereocenters. The lowest BCUT2D eigenvalue weighted by Gasteiger charge is -2.06. The molecule has 1 amide bonds. The van der Waals surface area contributed by atoms with Crippen LogP contribution in [0.2, 0.25) is 0 Å². The molecule has 0 saturated heterocycles. The Balaban J connectivity index is 1.67. The van der Waals surface area contributed by atoms with E-state index in [1.807, 2.05) is 24.3 Å².